The van der Waals surface area contributed by atoms with E-state index in [0.717, 1.165) is 41.5 Å². The third kappa shape index (κ3) is 4.47. The van der Waals surface area contributed by atoms with Crippen LogP contribution in [-0.2, 0) is 6.54 Å². The van der Waals surface area contributed by atoms with Crippen molar-refractivity contribution in [2.24, 2.45) is 0 Å². The minimum absolute atomic E-state index is 0.0681. The number of fused-ring (bicyclic) bond motifs is 1. The maximum Gasteiger partial charge on any atom is 0.251 e. The van der Waals surface area contributed by atoms with Crippen LogP contribution in [0.15, 0.2) is 60.9 Å². The van der Waals surface area contributed by atoms with Crippen LogP contribution in [0.25, 0.3) is 22.2 Å². The first kappa shape index (κ1) is 21.2. The lowest BCUT2D eigenvalue weighted by Gasteiger charge is -2.33. The topological polar surface area (TPSA) is 73.9 Å². The number of likely N-dealkylation sites (tertiary alicyclic amines) is 1. The number of pyridine rings is 1. The highest BCUT2D eigenvalue weighted by Gasteiger charge is 2.24. The first-order valence-corrected chi connectivity index (χ1v) is 10.9. The summed E-state index contributed by atoms with van der Waals surface area (Å²) in [5.74, 6) is -1.26. The van der Waals surface area contributed by atoms with Gasteiger partial charge in [-0.05, 0) is 61.9 Å². The van der Waals surface area contributed by atoms with E-state index in [1.807, 2.05) is 29.2 Å². The number of halogens is 2. The van der Waals surface area contributed by atoms with Crippen molar-refractivity contribution in [2.75, 3.05) is 13.1 Å². The molecule has 33 heavy (non-hydrogen) atoms. The molecule has 6 nitrogen and oxygen atoms in total. The van der Waals surface area contributed by atoms with Crippen molar-refractivity contribution in [1.82, 2.24) is 25.4 Å². The van der Waals surface area contributed by atoms with E-state index in [4.69, 9.17) is 0 Å². The van der Waals surface area contributed by atoms with Crippen LogP contribution in [0.4, 0.5) is 8.78 Å². The molecule has 0 spiro atoms. The van der Waals surface area contributed by atoms with Crippen LogP contribution in [0, 0.1) is 11.6 Å². The Kier molecular flexibility index (Phi) is 5.83. The quantitative estimate of drug-likeness (QED) is 0.479. The number of aromatic amines is 1. The van der Waals surface area contributed by atoms with Crippen molar-refractivity contribution < 1.29 is 13.6 Å². The van der Waals surface area contributed by atoms with Gasteiger partial charge in [-0.3, -0.25) is 19.8 Å². The summed E-state index contributed by atoms with van der Waals surface area (Å²) in [5, 5.41) is 11.3. The van der Waals surface area contributed by atoms with Gasteiger partial charge in [0.1, 0.15) is 17.3 Å². The van der Waals surface area contributed by atoms with Crippen LogP contribution in [0.2, 0.25) is 0 Å². The first-order valence-electron chi connectivity index (χ1n) is 10.9. The second kappa shape index (κ2) is 9.07. The lowest BCUT2D eigenvalue weighted by Crippen LogP contribution is -2.47. The fourth-order valence-corrected chi connectivity index (χ4v) is 4.38. The Hall–Kier alpha value is -3.65. The number of H-pyrrole nitrogens is 1. The molecule has 3 heterocycles. The first-order chi connectivity index (χ1) is 16.1. The zero-order valence-electron chi connectivity index (χ0n) is 17.9. The molecule has 0 unspecified atom stereocenters. The molecule has 1 atom stereocenters. The third-order valence-electron chi connectivity index (χ3n) is 6.06. The van der Waals surface area contributed by atoms with Gasteiger partial charge in [0.15, 0.2) is 0 Å². The maximum absolute atomic E-state index is 14.0. The predicted molar refractivity (Wildman–Crippen MR) is 121 cm³/mol. The van der Waals surface area contributed by atoms with Gasteiger partial charge >= 0.3 is 0 Å². The Morgan fingerprint density at radius 1 is 1.12 bits per heavy atom. The molecular weight excluding hydrogens is 424 g/mol. The number of carbonyl (C=O) groups excluding carboxylic acids is 1. The Labute approximate surface area is 189 Å². The molecule has 168 valence electrons. The highest BCUT2D eigenvalue weighted by molar-refractivity contribution is 6.01. The van der Waals surface area contributed by atoms with E-state index >= 15 is 0 Å². The summed E-state index contributed by atoms with van der Waals surface area (Å²) in [6, 6.07) is 13.0. The molecule has 2 aromatic carbocycles. The molecule has 0 aliphatic carbocycles. The number of nitrogens with one attached hydrogen (secondary N) is 2. The standard InChI is InChI=1S/C25H23F2N5O/c26-21-4-1-5-22(27)20(21)15-32-12-2-3-18(14-32)29-25(33)17-6-7-23-19(13-17)24(31-30-23)16-8-10-28-11-9-16/h1,4-11,13,18H,2-3,12,14-15H2,(H,29,33)(H,30,31)/t18-/m1/s1. The van der Waals surface area contributed by atoms with Crippen molar-refractivity contribution in [3.63, 3.8) is 0 Å². The molecule has 1 fully saturated rings. The summed E-state index contributed by atoms with van der Waals surface area (Å²) in [5.41, 5.74) is 3.12. The Balaban J connectivity index is 1.30. The van der Waals surface area contributed by atoms with Crippen LogP contribution in [-0.4, -0.2) is 45.1 Å². The zero-order chi connectivity index (χ0) is 22.8. The van der Waals surface area contributed by atoms with E-state index in [1.54, 1.807) is 18.5 Å². The van der Waals surface area contributed by atoms with Crippen LogP contribution < -0.4 is 5.32 Å². The summed E-state index contributed by atoms with van der Waals surface area (Å²) in [7, 11) is 0. The molecule has 2 aromatic heterocycles. The van der Waals surface area contributed by atoms with Crippen molar-refractivity contribution in [3.05, 3.63) is 83.7 Å². The molecule has 1 aliphatic rings. The number of hydrogen-bond acceptors (Lipinski definition) is 4. The molecule has 8 heteroatoms. The van der Waals surface area contributed by atoms with Crippen LogP contribution >= 0.6 is 0 Å². The van der Waals surface area contributed by atoms with Crippen molar-refractivity contribution in [1.29, 1.82) is 0 Å². The predicted octanol–water partition coefficient (Wildman–Crippen LogP) is 4.30. The molecule has 4 aromatic rings. The molecule has 2 N–H and O–H groups in total. The van der Waals surface area contributed by atoms with E-state index in [1.165, 1.54) is 18.2 Å². The van der Waals surface area contributed by atoms with Crippen molar-refractivity contribution >= 4 is 16.8 Å². The Morgan fingerprint density at radius 3 is 2.70 bits per heavy atom. The normalized spacial score (nSPS) is 16.7. The van der Waals surface area contributed by atoms with Gasteiger partial charge in [-0.2, -0.15) is 5.10 Å². The highest BCUT2D eigenvalue weighted by atomic mass is 19.1. The van der Waals surface area contributed by atoms with Crippen LogP contribution in [0.5, 0.6) is 0 Å². The van der Waals surface area contributed by atoms with E-state index < -0.39 is 11.6 Å². The van der Waals surface area contributed by atoms with Crippen molar-refractivity contribution in [3.8, 4) is 11.3 Å². The van der Waals surface area contributed by atoms with Gasteiger partial charge in [-0.15, -0.1) is 0 Å². The van der Waals surface area contributed by atoms with Gasteiger partial charge in [0.25, 0.3) is 5.91 Å². The van der Waals surface area contributed by atoms with E-state index in [-0.39, 0.29) is 24.1 Å². The fourth-order valence-electron chi connectivity index (χ4n) is 4.38. The fraction of sp³-hybridized carbons (Fsp3) is 0.240. The summed E-state index contributed by atoms with van der Waals surface area (Å²) in [4.78, 5) is 19.0. The summed E-state index contributed by atoms with van der Waals surface area (Å²) >= 11 is 0. The Bertz CT molecular complexity index is 1270. The molecular formula is C25H23F2N5O. The van der Waals surface area contributed by atoms with E-state index in [2.05, 4.69) is 20.5 Å². The van der Waals surface area contributed by atoms with Gasteiger partial charge < -0.3 is 5.32 Å². The molecule has 1 amide bonds. The number of amides is 1. The summed E-state index contributed by atoms with van der Waals surface area (Å²) in [6.07, 6.45) is 5.06. The molecule has 1 saturated heterocycles. The van der Waals surface area contributed by atoms with Crippen molar-refractivity contribution in [2.45, 2.75) is 25.4 Å². The van der Waals surface area contributed by atoms with Gasteiger partial charge in [-0.25, -0.2) is 8.78 Å². The van der Waals surface area contributed by atoms with E-state index in [0.29, 0.717) is 12.1 Å². The molecule has 0 saturated carbocycles. The average Bonchev–Trinajstić information content (AvgIpc) is 3.26. The van der Waals surface area contributed by atoms with Gasteiger partial charge in [0.05, 0.1) is 5.52 Å². The third-order valence-corrected chi connectivity index (χ3v) is 6.06. The maximum atomic E-state index is 14.0. The largest absolute Gasteiger partial charge is 0.348 e. The minimum atomic E-state index is -0.542. The number of nitrogens with zero attached hydrogens (tertiary/aromatic N) is 3. The number of benzene rings is 2. The minimum Gasteiger partial charge on any atom is -0.348 e. The average molecular weight is 447 g/mol. The molecule has 0 bridgehead atoms. The van der Waals surface area contributed by atoms with Gasteiger partial charge in [0.2, 0.25) is 0 Å². The lowest BCUT2D eigenvalue weighted by molar-refractivity contribution is 0.0899. The molecule has 5 rings (SSSR count). The molecule has 0 radical (unpaired) electrons. The number of piperidine rings is 1. The SMILES string of the molecule is O=C(N[C@@H]1CCCN(Cc2c(F)cccc2F)C1)c1ccc2[nH]nc(-c3ccncc3)c2c1. The lowest BCUT2D eigenvalue weighted by atomic mass is 10.0. The number of hydrogen-bond donors (Lipinski definition) is 2. The summed E-state index contributed by atoms with van der Waals surface area (Å²) in [6.45, 7) is 1.45. The van der Waals surface area contributed by atoms with Gasteiger partial charge in [0, 0.05) is 53.6 Å². The van der Waals surface area contributed by atoms with E-state index in [9.17, 15) is 13.6 Å². The molecule has 1 aliphatic heterocycles. The van der Waals surface area contributed by atoms with Gasteiger partial charge in [-0.1, -0.05) is 6.07 Å². The monoisotopic (exact) mass is 447 g/mol. The number of carbonyl (C=O) groups is 1. The zero-order valence-corrected chi connectivity index (χ0v) is 17.9. The second-order valence-corrected chi connectivity index (χ2v) is 8.32. The van der Waals surface area contributed by atoms with Crippen LogP contribution in [0.1, 0.15) is 28.8 Å². The van der Waals surface area contributed by atoms with Crippen LogP contribution in [0.3, 0.4) is 0 Å². The number of rotatable bonds is 5. The summed E-state index contributed by atoms with van der Waals surface area (Å²) < 4.78 is 28.1. The Morgan fingerprint density at radius 2 is 1.91 bits per heavy atom. The number of aromatic nitrogens is 3. The smallest absolute Gasteiger partial charge is 0.251 e. The highest BCUT2D eigenvalue weighted by Crippen LogP contribution is 2.27. The second-order valence-electron chi connectivity index (χ2n) is 8.32.